The van der Waals surface area contributed by atoms with Crippen LogP contribution in [0.3, 0.4) is 0 Å². The molecule has 0 unspecified atom stereocenters. The number of rotatable bonds is 3. The lowest BCUT2D eigenvalue weighted by atomic mass is 9.95. The SMILES string of the molecule is O=C(O)Cc1cccn1C1CCCCC1. The van der Waals surface area contributed by atoms with Crippen molar-refractivity contribution in [2.24, 2.45) is 0 Å². The van der Waals surface area contributed by atoms with Gasteiger partial charge >= 0.3 is 5.97 Å². The fourth-order valence-corrected chi connectivity index (χ4v) is 2.45. The van der Waals surface area contributed by atoms with Gasteiger partial charge in [0.15, 0.2) is 0 Å². The summed E-state index contributed by atoms with van der Waals surface area (Å²) in [5, 5.41) is 8.79. The first kappa shape index (κ1) is 10.3. The average Bonchev–Trinajstić information content (AvgIpc) is 2.66. The molecule has 0 radical (unpaired) electrons. The smallest absolute Gasteiger partial charge is 0.309 e. The summed E-state index contributed by atoms with van der Waals surface area (Å²) in [7, 11) is 0. The molecule has 2 rings (SSSR count). The molecule has 1 aliphatic rings. The second-order valence-electron chi connectivity index (χ2n) is 4.27. The van der Waals surface area contributed by atoms with Crippen molar-refractivity contribution in [2.75, 3.05) is 0 Å². The van der Waals surface area contributed by atoms with Gasteiger partial charge in [0.25, 0.3) is 0 Å². The van der Waals surface area contributed by atoms with Crippen molar-refractivity contribution in [3.8, 4) is 0 Å². The molecule has 1 N–H and O–H groups in total. The zero-order valence-electron chi connectivity index (χ0n) is 8.85. The van der Waals surface area contributed by atoms with E-state index in [1.807, 2.05) is 18.3 Å². The Kier molecular flexibility index (Phi) is 3.09. The van der Waals surface area contributed by atoms with Crippen molar-refractivity contribution in [2.45, 2.75) is 44.6 Å². The molecular formula is C12H17NO2. The van der Waals surface area contributed by atoms with E-state index in [0.29, 0.717) is 6.04 Å². The van der Waals surface area contributed by atoms with Crippen LogP contribution in [0.25, 0.3) is 0 Å². The van der Waals surface area contributed by atoms with E-state index in [9.17, 15) is 4.79 Å². The molecule has 15 heavy (non-hydrogen) atoms. The molecule has 0 aliphatic heterocycles. The Morgan fingerprint density at radius 2 is 2.13 bits per heavy atom. The number of nitrogens with zero attached hydrogens (tertiary/aromatic N) is 1. The molecule has 82 valence electrons. The summed E-state index contributed by atoms with van der Waals surface area (Å²) in [6.45, 7) is 0. The Morgan fingerprint density at radius 3 is 2.80 bits per heavy atom. The van der Waals surface area contributed by atoms with Crippen LogP contribution in [-0.2, 0) is 11.2 Å². The van der Waals surface area contributed by atoms with Gasteiger partial charge in [-0.2, -0.15) is 0 Å². The highest BCUT2D eigenvalue weighted by molar-refractivity contribution is 5.69. The van der Waals surface area contributed by atoms with Gasteiger partial charge < -0.3 is 9.67 Å². The normalized spacial score (nSPS) is 17.9. The van der Waals surface area contributed by atoms with E-state index < -0.39 is 5.97 Å². The molecule has 0 saturated heterocycles. The van der Waals surface area contributed by atoms with Gasteiger partial charge in [-0.3, -0.25) is 4.79 Å². The summed E-state index contributed by atoms with van der Waals surface area (Å²) in [5.41, 5.74) is 0.939. The van der Waals surface area contributed by atoms with Gasteiger partial charge in [-0.05, 0) is 25.0 Å². The highest BCUT2D eigenvalue weighted by Gasteiger charge is 2.17. The van der Waals surface area contributed by atoms with Gasteiger partial charge in [0.1, 0.15) is 0 Å². The number of hydrogen-bond donors (Lipinski definition) is 1. The molecule has 0 atom stereocenters. The van der Waals surface area contributed by atoms with E-state index in [4.69, 9.17) is 5.11 Å². The van der Waals surface area contributed by atoms with Crippen LogP contribution in [0.1, 0.15) is 43.8 Å². The van der Waals surface area contributed by atoms with Crippen molar-refractivity contribution in [1.82, 2.24) is 4.57 Å². The second kappa shape index (κ2) is 4.51. The van der Waals surface area contributed by atoms with Crippen LogP contribution in [0.2, 0.25) is 0 Å². The molecular weight excluding hydrogens is 190 g/mol. The van der Waals surface area contributed by atoms with Crippen molar-refractivity contribution in [3.63, 3.8) is 0 Å². The number of hydrogen-bond acceptors (Lipinski definition) is 1. The minimum atomic E-state index is -0.745. The standard InChI is InChI=1S/C12H17NO2/c14-12(15)9-11-7-4-8-13(11)10-5-2-1-3-6-10/h4,7-8,10H,1-3,5-6,9H2,(H,14,15). The highest BCUT2D eigenvalue weighted by atomic mass is 16.4. The third kappa shape index (κ3) is 2.41. The molecule has 0 spiro atoms. The minimum Gasteiger partial charge on any atom is -0.481 e. The van der Waals surface area contributed by atoms with E-state index in [0.717, 1.165) is 5.69 Å². The minimum absolute atomic E-state index is 0.142. The Balaban J connectivity index is 2.12. The molecule has 1 fully saturated rings. The fourth-order valence-electron chi connectivity index (χ4n) is 2.45. The quantitative estimate of drug-likeness (QED) is 0.827. The van der Waals surface area contributed by atoms with E-state index in [-0.39, 0.29) is 6.42 Å². The molecule has 0 amide bonds. The second-order valence-corrected chi connectivity index (χ2v) is 4.27. The van der Waals surface area contributed by atoms with Gasteiger partial charge in [0, 0.05) is 17.9 Å². The molecule has 0 aromatic carbocycles. The first-order valence-electron chi connectivity index (χ1n) is 5.65. The summed E-state index contributed by atoms with van der Waals surface area (Å²) in [5.74, 6) is -0.745. The van der Waals surface area contributed by atoms with Crippen molar-refractivity contribution in [3.05, 3.63) is 24.0 Å². The van der Waals surface area contributed by atoms with E-state index in [2.05, 4.69) is 4.57 Å². The van der Waals surface area contributed by atoms with E-state index in [1.54, 1.807) is 0 Å². The van der Waals surface area contributed by atoms with Crippen LogP contribution in [-0.4, -0.2) is 15.6 Å². The summed E-state index contributed by atoms with van der Waals surface area (Å²) in [4.78, 5) is 10.7. The monoisotopic (exact) mass is 207 g/mol. The van der Waals surface area contributed by atoms with E-state index >= 15 is 0 Å². The third-order valence-electron chi connectivity index (χ3n) is 3.17. The van der Waals surface area contributed by atoms with Crippen molar-refractivity contribution < 1.29 is 9.90 Å². The van der Waals surface area contributed by atoms with Gasteiger partial charge in [0.05, 0.1) is 6.42 Å². The largest absolute Gasteiger partial charge is 0.481 e. The third-order valence-corrected chi connectivity index (χ3v) is 3.17. The molecule has 3 nitrogen and oxygen atoms in total. The summed E-state index contributed by atoms with van der Waals surface area (Å²) >= 11 is 0. The van der Waals surface area contributed by atoms with E-state index in [1.165, 1.54) is 32.1 Å². The molecule has 1 heterocycles. The Labute approximate surface area is 89.7 Å². The lowest BCUT2D eigenvalue weighted by molar-refractivity contribution is -0.136. The molecule has 0 bridgehead atoms. The predicted octanol–water partition coefficient (Wildman–Crippen LogP) is 2.62. The number of aliphatic carboxylic acids is 1. The predicted molar refractivity (Wildman–Crippen MR) is 57.9 cm³/mol. The number of carbonyl (C=O) groups is 1. The van der Waals surface area contributed by atoms with Gasteiger partial charge in [0.2, 0.25) is 0 Å². The lowest BCUT2D eigenvalue weighted by Crippen LogP contribution is -2.16. The topological polar surface area (TPSA) is 42.2 Å². The summed E-state index contributed by atoms with van der Waals surface area (Å²) in [6, 6.07) is 4.40. The van der Waals surface area contributed by atoms with Crippen molar-refractivity contribution in [1.29, 1.82) is 0 Å². The van der Waals surface area contributed by atoms with Crippen LogP contribution in [0, 0.1) is 0 Å². The Morgan fingerprint density at radius 1 is 1.40 bits per heavy atom. The summed E-state index contributed by atoms with van der Waals surface area (Å²) in [6.07, 6.45) is 8.43. The van der Waals surface area contributed by atoms with Crippen LogP contribution < -0.4 is 0 Å². The van der Waals surface area contributed by atoms with Crippen LogP contribution >= 0.6 is 0 Å². The highest BCUT2D eigenvalue weighted by Crippen LogP contribution is 2.29. The molecule has 3 heteroatoms. The van der Waals surface area contributed by atoms with Crippen LogP contribution in [0.15, 0.2) is 18.3 Å². The zero-order valence-corrected chi connectivity index (χ0v) is 8.85. The van der Waals surface area contributed by atoms with Gasteiger partial charge in [-0.15, -0.1) is 0 Å². The Bertz CT molecular complexity index is 337. The van der Waals surface area contributed by atoms with Crippen LogP contribution in [0.5, 0.6) is 0 Å². The van der Waals surface area contributed by atoms with Gasteiger partial charge in [-0.25, -0.2) is 0 Å². The summed E-state index contributed by atoms with van der Waals surface area (Å²) < 4.78 is 2.16. The fraction of sp³-hybridized carbons (Fsp3) is 0.583. The maximum atomic E-state index is 10.7. The van der Waals surface area contributed by atoms with Crippen molar-refractivity contribution >= 4 is 5.97 Å². The number of aromatic nitrogens is 1. The maximum absolute atomic E-state index is 10.7. The molecule has 1 aliphatic carbocycles. The molecule has 1 saturated carbocycles. The molecule has 1 aromatic heterocycles. The van der Waals surface area contributed by atoms with Gasteiger partial charge in [-0.1, -0.05) is 19.3 Å². The lowest BCUT2D eigenvalue weighted by Gasteiger charge is -2.25. The Hall–Kier alpha value is -1.25. The first-order valence-corrected chi connectivity index (χ1v) is 5.65. The first-order chi connectivity index (χ1) is 7.27. The number of carboxylic acid groups (broad SMARTS) is 1. The maximum Gasteiger partial charge on any atom is 0.309 e. The number of carboxylic acids is 1. The van der Waals surface area contributed by atoms with Crippen LogP contribution in [0.4, 0.5) is 0 Å². The zero-order chi connectivity index (χ0) is 10.7. The molecule has 1 aromatic rings. The average molecular weight is 207 g/mol.